The summed E-state index contributed by atoms with van der Waals surface area (Å²) in [7, 11) is 3.52. The van der Waals surface area contributed by atoms with Gasteiger partial charge in [0, 0.05) is 44.0 Å². The second-order valence-corrected chi connectivity index (χ2v) is 6.39. The number of hydrogen-bond donors (Lipinski definition) is 0. The molecule has 0 spiro atoms. The van der Waals surface area contributed by atoms with Crippen LogP contribution in [0.15, 0.2) is 6.20 Å². The topological polar surface area (TPSA) is 51.7 Å². The summed E-state index contributed by atoms with van der Waals surface area (Å²) >= 11 is 0. The number of carbonyl (C=O) groups is 1. The van der Waals surface area contributed by atoms with Crippen molar-refractivity contribution in [3.05, 3.63) is 23.0 Å². The zero-order chi connectivity index (χ0) is 16.8. The number of methoxy groups -OCH3 is 1. The lowest BCUT2D eigenvalue weighted by Crippen LogP contribution is -2.28. The van der Waals surface area contributed by atoms with Gasteiger partial charge in [0.15, 0.2) is 0 Å². The van der Waals surface area contributed by atoms with Gasteiger partial charge in [0.05, 0.1) is 19.3 Å². The van der Waals surface area contributed by atoms with Crippen LogP contribution in [0.25, 0.3) is 0 Å². The molecule has 5 heteroatoms. The molecule has 128 valence electrons. The maximum Gasteiger partial charge on any atom is 0.222 e. The van der Waals surface area contributed by atoms with Gasteiger partial charge in [-0.2, -0.15) is 0 Å². The Morgan fingerprint density at radius 3 is 2.74 bits per heavy atom. The Morgan fingerprint density at radius 2 is 2.09 bits per heavy atom. The van der Waals surface area contributed by atoms with Crippen LogP contribution in [0.4, 0.5) is 0 Å². The average Bonchev–Trinajstić information content (AvgIpc) is 2.56. The maximum absolute atomic E-state index is 12.4. The minimum Gasteiger partial charge on any atom is -0.496 e. The Bertz CT molecular complexity index is 539. The quantitative estimate of drug-likeness (QED) is 0.809. The SMILES string of the molecule is COc1c(C)cnc(CN(C)C(=O)CCC2CCOCC2)c1C. The lowest BCUT2D eigenvalue weighted by atomic mass is 9.95. The fourth-order valence-electron chi connectivity index (χ4n) is 3.10. The van der Waals surface area contributed by atoms with Crippen molar-refractivity contribution in [1.82, 2.24) is 9.88 Å². The zero-order valence-electron chi connectivity index (χ0n) is 14.7. The molecular formula is C18H28N2O3. The lowest BCUT2D eigenvalue weighted by molar-refractivity contribution is -0.131. The third-order valence-corrected chi connectivity index (χ3v) is 4.67. The van der Waals surface area contributed by atoms with Gasteiger partial charge < -0.3 is 14.4 Å². The summed E-state index contributed by atoms with van der Waals surface area (Å²) < 4.78 is 10.8. The second-order valence-electron chi connectivity index (χ2n) is 6.39. The highest BCUT2D eigenvalue weighted by molar-refractivity contribution is 5.75. The lowest BCUT2D eigenvalue weighted by Gasteiger charge is -2.23. The Labute approximate surface area is 139 Å². The van der Waals surface area contributed by atoms with E-state index in [2.05, 4.69) is 4.98 Å². The van der Waals surface area contributed by atoms with Crippen molar-refractivity contribution in [3.8, 4) is 5.75 Å². The molecular weight excluding hydrogens is 292 g/mol. The standard InChI is InChI=1S/C18H28N2O3/c1-13-11-19-16(14(2)18(13)22-4)12-20(3)17(21)6-5-15-7-9-23-10-8-15/h11,15H,5-10,12H2,1-4H3. The van der Waals surface area contributed by atoms with Gasteiger partial charge in [-0.05, 0) is 39.0 Å². The predicted molar refractivity (Wildman–Crippen MR) is 89.5 cm³/mol. The molecule has 1 aromatic rings. The molecule has 0 unspecified atom stereocenters. The number of amides is 1. The van der Waals surface area contributed by atoms with E-state index in [0.29, 0.717) is 18.9 Å². The van der Waals surface area contributed by atoms with E-state index in [1.807, 2.05) is 27.1 Å². The Hall–Kier alpha value is -1.62. The fraction of sp³-hybridized carbons (Fsp3) is 0.667. The van der Waals surface area contributed by atoms with Gasteiger partial charge in [-0.3, -0.25) is 9.78 Å². The second kappa shape index (κ2) is 8.29. The summed E-state index contributed by atoms with van der Waals surface area (Å²) in [5, 5.41) is 0. The van der Waals surface area contributed by atoms with Gasteiger partial charge >= 0.3 is 0 Å². The van der Waals surface area contributed by atoms with Crippen LogP contribution in [0, 0.1) is 19.8 Å². The summed E-state index contributed by atoms with van der Waals surface area (Å²) in [6.45, 7) is 6.16. The highest BCUT2D eigenvalue weighted by Crippen LogP contribution is 2.25. The van der Waals surface area contributed by atoms with Gasteiger partial charge in [0.1, 0.15) is 5.75 Å². The van der Waals surface area contributed by atoms with E-state index >= 15 is 0 Å². The van der Waals surface area contributed by atoms with Gasteiger partial charge in [0.25, 0.3) is 0 Å². The van der Waals surface area contributed by atoms with Crippen LogP contribution >= 0.6 is 0 Å². The predicted octanol–water partition coefficient (Wildman–Crippen LogP) is 2.87. The molecule has 0 saturated carbocycles. The molecule has 0 bridgehead atoms. The van der Waals surface area contributed by atoms with E-state index in [0.717, 1.165) is 55.0 Å². The third-order valence-electron chi connectivity index (χ3n) is 4.67. The number of aryl methyl sites for hydroxylation is 1. The molecule has 2 rings (SSSR count). The van der Waals surface area contributed by atoms with Crippen molar-refractivity contribution in [2.24, 2.45) is 5.92 Å². The molecule has 1 aliphatic heterocycles. The molecule has 0 N–H and O–H groups in total. The highest BCUT2D eigenvalue weighted by Gasteiger charge is 2.18. The molecule has 1 fully saturated rings. The van der Waals surface area contributed by atoms with E-state index in [-0.39, 0.29) is 5.91 Å². The molecule has 2 heterocycles. The number of rotatable bonds is 6. The number of aromatic nitrogens is 1. The molecule has 23 heavy (non-hydrogen) atoms. The largest absolute Gasteiger partial charge is 0.496 e. The van der Waals surface area contributed by atoms with Crippen molar-refractivity contribution < 1.29 is 14.3 Å². The number of carbonyl (C=O) groups excluding carboxylic acids is 1. The normalized spacial score (nSPS) is 15.5. The first-order valence-electron chi connectivity index (χ1n) is 8.33. The molecule has 0 radical (unpaired) electrons. The summed E-state index contributed by atoms with van der Waals surface area (Å²) in [5.74, 6) is 1.66. The molecule has 1 aromatic heterocycles. The van der Waals surface area contributed by atoms with Crippen molar-refractivity contribution in [3.63, 3.8) is 0 Å². The van der Waals surface area contributed by atoms with Crippen molar-refractivity contribution in [2.75, 3.05) is 27.4 Å². The fourth-order valence-corrected chi connectivity index (χ4v) is 3.10. The number of nitrogens with zero attached hydrogens (tertiary/aromatic N) is 2. The Balaban J connectivity index is 1.90. The van der Waals surface area contributed by atoms with E-state index in [1.165, 1.54) is 0 Å². The number of pyridine rings is 1. The minimum atomic E-state index is 0.178. The molecule has 0 aromatic carbocycles. The highest BCUT2D eigenvalue weighted by atomic mass is 16.5. The molecule has 5 nitrogen and oxygen atoms in total. The van der Waals surface area contributed by atoms with Crippen molar-refractivity contribution >= 4 is 5.91 Å². The molecule has 1 aliphatic rings. The Morgan fingerprint density at radius 1 is 1.39 bits per heavy atom. The first kappa shape index (κ1) is 17.7. The van der Waals surface area contributed by atoms with Crippen LogP contribution in [-0.4, -0.2) is 43.2 Å². The van der Waals surface area contributed by atoms with Crippen LogP contribution in [0.1, 0.15) is 42.5 Å². The number of hydrogen-bond acceptors (Lipinski definition) is 4. The van der Waals surface area contributed by atoms with Gasteiger partial charge in [-0.25, -0.2) is 0 Å². The van der Waals surface area contributed by atoms with Gasteiger partial charge in [-0.15, -0.1) is 0 Å². The summed E-state index contributed by atoms with van der Waals surface area (Å²) in [4.78, 5) is 18.6. The monoisotopic (exact) mass is 320 g/mol. The Kier molecular flexibility index (Phi) is 6.39. The third kappa shape index (κ3) is 4.67. The van der Waals surface area contributed by atoms with E-state index in [9.17, 15) is 4.79 Å². The molecule has 0 aliphatic carbocycles. The van der Waals surface area contributed by atoms with Crippen LogP contribution in [0.5, 0.6) is 5.75 Å². The van der Waals surface area contributed by atoms with Crippen LogP contribution in [-0.2, 0) is 16.1 Å². The van der Waals surface area contributed by atoms with E-state index < -0.39 is 0 Å². The first-order chi connectivity index (χ1) is 11.0. The summed E-state index contributed by atoms with van der Waals surface area (Å²) in [6, 6.07) is 0. The average molecular weight is 320 g/mol. The van der Waals surface area contributed by atoms with Crippen LogP contribution < -0.4 is 4.74 Å². The van der Waals surface area contributed by atoms with E-state index in [1.54, 1.807) is 12.0 Å². The van der Waals surface area contributed by atoms with Crippen LogP contribution in [0.3, 0.4) is 0 Å². The molecule has 1 amide bonds. The summed E-state index contributed by atoms with van der Waals surface area (Å²) in [6.07, 6.45) is 5.51. The molecule has 0 atom stereocenters. The first-order valence-corrected chi connectivity index (χ1v) is 8.33. The number of ether oxygens (including phenoxy) is 2. The van der Waals surface area contributed by atoms with Crippen molar-refractivity contribution in [2.45, 2.75) is 46.1 Å². The van der Waals surface area contributed by atoms with Gasteiger partial charge in [0.2, 0.25) is 5.91 Å². The smallest absolute Gasteiger partial charge is 0.222 e. The van der Waals surface area contributed by atoms with Gasteiger partial charge in [-0.1, -0.05) is 0 Å². The maximum atomic E-state index is 12.4. The minimum absolute atomic E-state index is 0.178. The van der Waals surface area contributed by atoms with Crippen molar-refractivity contribution in [1.29, 1.82) is 0 Å². The molecule has 1 saturated heterocycles. The van der Waals surface area contributed by atoms with Crippen LogP contribution in [0.2, 0.25) is 0 Å². The summed E-state index contributed by atoms with van der Waals surface area (Å²) in [5.41, 5.74) is 2.92. The van der Waals surface area contributed by atoms with E-state index in [4.69, 9.17) is 9.47 Å². The zero-order valence-corrected chi connectivity index (χ0v) is 14.7.